The lowest BCUT2D eigenvalue weighted by molar-refractivity contribution is -0.129. The quantitative estimate of drug-likeness (QED) is 0.824. The molecule has 2 aromatic carbocycles. The Balaban J connectivity index is 1.79. The van der Waals surface area contributed by atoms with E-state index in [1.807, 2.05) is 37.3 Å². The second-order valence-electron chi connectivity index (χ2n) is 6.66. The fourth-order valence-corrected chi connectivity index (χ4v) is 3.34. The highest BCUT2D eigenvalue weighted by atomic mass is 16.5. The maximum absolute atomic E-state index is 12.7. The highest BCUT2D eigenvalue weighted by Crippen LogP contribution is 2.33. The van der Waals surface area contributed by atoms with Gasteiger partial charge in [-0.2, -0.15) is 0 Å². The van der Waals surface area contributed by atoms with Crippen LogP contribution in [0.1, 0.15) is 46.4 Å². The largest absolute Gasteiger partial charge is 0.465 e. The van der Waals surface area contributed by atoms with Gasteiger partial charge in [0.05, 0.1) is 25.1 Å². The van der Waals surface area contributed by atoms with Gasteiger partial charge in [-0.3, -0.25) is 9.59 Å². The molecule has 0 radical (unpaired) electrons. The molecule has 3 rings (SSSR count). The number of nitrogens with zero attached hydrogens (tertiary/aromatic N) is 1. The zero-order chi connectivity index (χ0) is 20.3. The second-order valence-corrected chi connectivity index (χ2v) is 6.66. The van der Waals surface area contributed by atoms with Gasteiger partial charge >= 0.3 is 5.97 Å². The number of benzene rings is 2. The van der Waals surface area contributed by atoms with Crippen molar-refractivity contribution in [3.05, 3.63) is 70.9 Å². The van der Waals surface area contributed by atoms with E-state index in [9.17, 15) is 14.4 Å². The van der Waals surface area contributed by atoms with Crippen LogP contribution in [0.15, 0.2) is 48.7 Å². The maximum atomic E-state index is 12.7. The van der Waals surface area contributed by atoms with Crippen molar-refractivity contribution in [1.82, 2.24) is 4.90 Å². The first-order chi connectivity index (χ1) is 13.4. The topological polar surface area (TPSA) is 75.7 Å². The van der Waals surface area contributed by atoms with Crippen molar-refractivity contribution in [2.45, 2.75) is 26.3 Å². The SMILES string of the molecule is COC(=O)c1ccc(NC(=O)C[C@H]2c3ccccc3C=CN2C(C)=O)c(C)c1. The van der Waals surface area contributed by atoms with Crippen molar-refractivity contribution in [3.63, 3.8) is 0 Å². The fourth-order valence-electron chi connectivity index (χ4n) is 3.34. The summed E-state index contributed by atoms with van der Waals surface area (Å²) in [7, 11) is 1.32. The average Bonchev–Trinajstić information content (AvgIpc) is 2.68. The van der Waals surface area contributed by atoms with Gasteiger partial charge in [0.15, 0.2) is 0 Å². The Hall–Kier alpha value is -3.41. The predicted octanol–water partition coefficient (Wildman–Crippen LogP) is 3.68. The lowest BCUT2D eigenvalue weighted by Gasteiger charge is -2.32. The highest BCUT2D eigenvalue weighted by Gasteiger charge is 2.28. The van der Waals surface area contributed by atoms with E-state index < -0.39 is 5.97 Å². The van der Waals surface area contributed by atoms with E-state index in [4.69, 9.17) is 4.74 Å². The summed E-state index contributed by atoms with van der Waals surface area (Å²) in [6, 6.07) is 12.3. The molecule has 2 aromatic rings. The van der Waals surface area contributed by atoms with Gasteiger partial charge in [-0.15, -0.1) is 0 Å². The second kappa shape index (κ2) is 8.08. The third kappa shape index (κ3) is 3.96. The molecule has 6 heteroatoms. The number of hydrogen-bond donors (Lipinski definition) is 1. The summed E-state index contributed by atoms with van der Waals surface area (Å²) in [5, 5.41) is 2.88. The molecule has 0 spiro atoms. The van der Waals surface area contributed by atoms with Gasteiger partial charge in [0.25, 0.3) is 0 Å². The van der Waals surface area contributed by atoms with E-state index in [0.717, 1.165) is 16.7 Å². The minimum atomic E-state index is -0.427. The van der Waals surface area contributed by atoms with Crippen molar-refractivity contribution in [2.75, 3.05) is 12.4 Å². The van der Waals surface area contributed by atoms with E-state index in [2.05, 4.69) is 5.32 Å². The van der Waals surface area contributed by atoms with Gasteiger partial charge in [-0.25, -0.2) is 4.79 Å². The van der Waals surface area contributed by atoms with Crippen molar-refractivity contribution in [2.24, 2.45) is 0 Å². The fraction of sp³-hybridized carbons (Fsp3) is 0.227. The molecule has 28 heavy (non-hydrogen) atoms. The first kappa shape index (κ1) is 19.4. The molecule has 0 unspecified atom stereocenters. The van der Waals surface area contributed by atoms with Gasteiger partial charge in [-0.05, 0) is 47.9 Å². The molecule has 0 saturated carbocycles. The first-order valence-corrected chi connectivity index (χ1v) is 8.95. The number of rotatable bonds is 4. The number of carbonyl (C=O) groups is 3. The van der Waals surface area contributed by atoms with Crippen molar-refractivity contribution >= 4 is 29.5 Å². The van der Waals surface area contributed by atoms with Gasteiger partial charge in [0.2, 0.25) is 11.8 Å². The lowest BCUT2D eigenvalue weighted by Crippen LogP contribution is -2.33. The number of methoxy groups -OCH3 is 1. The zero-order valence-corrected chi connectivity index (χ0v) is 16.1. The van der Waals surface area contributed by atoms with Crippen LogP contribution in [0.2, 0.25) is 0 Å². The number of carbonyl (C=O) groups excluding carboxylic acids is 3. The van der Waals surface area contributed by atoms with Crippen molar-refractivity contribution in [1.29, 1.82) is 0 Å². The smallest absolute Gasteiger partial charge is 0.337 e. The monoisotopic (exact) mass is 378 g/mol. The summed E-state index contributed by atoms with van der Waals surface area (Å²) in [4.78, 5) is 38.0. The highest BCUT2D eigenvalue weighted by molar-refractivity contribution is 5.94. The molecule has 0 saturated heterocycles. The Morgan fingerprint density at radius 1 is 1.14 bits per heavy atom. The van der Waals surface area contributed by atoms with Crippen LogP contribution in [0.3, 0.4) is 0 Å². The molecule has 2 amide bonds. The maximum Gasteiger partial charge on any atom is 0.337 e. The number of amides is 2. The molecule has 144 valence electrons. The summed E-state index contributed by atoms with van der Waals surface area (Å²) in [6.07, 6.45) is 3.72. The normalized spacial score (nSPS) is 15.0. The number of esters is 1. The van der Waals surface area contributed by atoms with Gasteiger partial charge in [-0.1, -0.05) is 24.3 Å². The zero-order valence-electron chi connectivity index (χ0n) is 16.1. The Labute approximate surface area is 163 Å². The Kier molecular flexibility index (Phi) is 5.59. The van der Waals surface area contributed by atoms with E-state index in [0.29, 0.717) is 11.3 Å². The standard InChI is InChI=1S/C22H22N2O4/c1-14-12-17(22(27)28-3)8-9-19(14)23-21(26)13-20-18-7-5-4-6-16(18)10-11-24(20)15(2)25/h4-12,20H,13H2,1-3H3,(H,23,26)/t20-/m0/s1. The van der Waals surface area contributed by atoms with E-state index in [1.54, 1.807) is 29.3 Å². The third-order valence-corrected chi connectivity index (χ3v) is 4.77. The van der Waals surface area contributed by atoms with Crippen LogP contribution < -0.4 is 5.32 Å². The summed E-state index contributed by atoms with van der Waals surface area (Å²) in [6.45, 7) is 3.29. The summed E-state index contributed by atoms with van der Waals surface area (Å²) in [5.74, 6) is -0.763. The van der Waals surface area contributed by atoms with Crippen LogP contribution in [-0.4, -0.2) is 29.8 Å². The molecule has 6 nitrogen and oxygen atoms in total. The Morgan fingerprint density at radius 3 is 2.57 bits per heavy atom. The van der Waals surface area contributed by atoms with E-state index >= 15 is 0 Å². The molecular formula is C22H22N2O4. The summed E-state index contributed by atoms with van der Waals surface area (Å²) < 4.78 is 4.71. The Morgan fingerprint density at radius 2 is 1.89 bits per heavy atom. The minimum Gasteiger partial charge on any atom is -0.465 e. The molecule has 1 aliphatic rings. The molecule has 0 bridgehead atoms. The predicted molar refractivity (Wildman–Crippen MR) is 107 cm³/mol. The number of anilines is 1. The summed E-state index contributed by atoms with van der Waals surface area (Å²) >= 11 is 0. The number of aryl methyl sites for hydroxylation is 1. The molecule has 0 fully saturated rings. The van der Waals surface area contributed by atoms with Gasteiger partial charge in [0.1, 0.15) is 0 Å². The van der Waals surface area contributed by atoms with Gasteiger partial charge in [0, 0.05) is 18.8 Å². The molecule has 1 N–H and O–H groups in total. The molecule has 1 aliphatic heterocycles. The van der Waals surface area contributed by atoms with Crippen molar-refractivity contribution < 1.29 is 19.1 Å². The number of ether oxygens (including phenoxy) is 1. The van der Waals surface area contributed by atoms with Crippen LogP contribution >= 0.6 is 0 Å². The molecule has 0 aromatic heterocycles. The minimum absolute atomic E-state index is 0.123. The summed E-state index contributed by atoms with van der Waals surface area (Å²) in [5.41, 5.74) is 3.73. The van der Waals surface area contributed by atoms with Crippen LogP contribution in [-0.2, 0) is 14.3 Å². The van der Waals surface area contributed by atoms with Crippen LogP contribution in [0.5, 0.6) is 0 Å². The van der Waals surface area contributed by atoms with Crippen molar-refractivity contribution in [3.8, 4) is 0 Å². The average molecular weight is 378 g/mol. The van der Waals surface area contributed by atoms with E-state index in [1.165, 1.54) is 14.0 Å². The van der Waals surface area contributed by atoms with Crippen LogP contribution in [0.25, 0.3) is 6.08 Å². The lowest BCUT2D eigenvalue weighted by atomic mass is 9.93. The van der Waals surface area contributed by atoms with E-state index in [-0.39, 0.29) is 24.3 Å². The number of fused-ring (bicyclic) bond motifs is 1. The number of nitrogens with one attached hydrogen (secondary N) is 1. The molecule has 0 aliphatic carbocycles. The first-order valence-electron chi connectivity index (χ1n) is 8.95. The molecule has 1 atom stereocenters. The third-order valence-electron chi connectivity index (χ3n) is 4.77. The van der Waals surface area contributed by atoms with Gasteiger partial charge < -0.3 is 15.0 Å². The Bertz CT molecular complexity index is 965. The van der Waals surface area contributed by atoms with Crippen LogP contribution in [0.4, 0.5) is 5.69 Å². The number of hydrogen-bond acceptors (Lipinski definition) is 4. The molecular weight excluding hydrogens is 356 g/mol. The van der Waals surface area contributed by atoms with Crippen LogP contribution in [0, 0.1) is 6.92 Å². The molecule has 1 heterocycles.